The number of nitrogens with zero attached hydrogens (tertiary/aromatic N) is 4. The number of unbranched alkanes of at least 4 members (excludes halogenated alkanes) is 3. The smallest absolute Gasteiger partial charge is 0.400 e. The molecule has 0 aliphatic heterocycles. The molecular weight excluding hydrogens is 424 g/mol. The van der Waals surface area contributed by atoms with Crippen molar-refractivity contribution in [2.24, 2.45) is 11.8 Å². The van der Waals surface area contributed by atoms with Crippen LogP contribution in [0.4, 0.5) is 0 Å². The van der Waals surface area contributed by atoms with Crippen molar-refractivity contribution < 1.29 is 47.8 Å². The minimum Gasteiger partial charge on any atom is -0.465 e. The third-order valence-corrected chi connectivity index (χ3v) is 5.18. The van der Waals surface area contributed by atoms with Crippen LogP contribution in [0, 0.1) is 11.8 Å². The van der Waals surface area contributed by atoms with E-state index >= 15 is 0 Å². The van der Waals surface area contributed by atoms with E-state index in [0.717, 1.165) is 0 Å². The molecular formula is C20H22N4O8. The SMILES string of the molecule is [N-]=[N+]=C1C(=O)CC(C(=O)OCCCCCCOC(=O)C2CC(=O)C(=[N+]=[N-])C(=O)C2)CC1=O. The maximum absolute atomic E-state index is 12.0. The van der Waals surface area contributed by atoms with Crippen molar-refractivity contribution in [3.05, 3.63) is 11.1 Å². The number of Topliss-reactive ketones (excluding diaryl/α,β-unsaturated/α-hetero) is 4. The standard InChI is InChI=1S/C20H22N4O8/c21-23-17-13(25)7-11(8-14(17)26)19(29)31-5-3-1-2-4-6-32-20(30)12-9-15(27)18(24-22)16(28)10-12/h11-12H,1-10H2. The number of carbonyl (C=O) groups excluding carboxylic acids is 6. The normalized spacial score (nSPS) is 21.1. The minimum absolute atomic E-state index is 0.111. The van der Waals surface area contributed by atoms with E-state index in [0.29, 0.717) is 25.7 Å². The zero-order chi connectivity index (χ0) is 23.7. The molecule has 32 heavy (non-hydrogen) atoms. The fourth-order valence-electron chi connectivity index (χ4n) is 3.43. The predicted octanol–water partition coefficient (Wildman–Crippen LogP) is 0.0712. The Hall–Kier alpha value is -3.62. The second kappa shape index (κ2) is 11.7. The van der Waals surface area contributed by atoms with Gasteiger partial charge in [-0.3, -0.25) is 28.8 Å². The van der Waals surface area contributed by atoms with E-state index in [9.17, 15) is 28.8 Å². The third kappa shape index (κ3) is 6.44. The molecule has 0 aromatic heterocycles. The molecule has 0 N–H and O–H groups in total. The van der Waals surface area contributed by atoms with Gasteiger partial charge in [-0.05, 0) is 25.7 Å². The third-order valence-electron chi connectivity index (χ3n) is 5.18. The highest BCUT2D eigenvalue weighted by molar-refractivity contribution is 6.65. The molecule has 0 amide bonds. The van der Waals surface area contributed by atoms with E-state index < -0.39 is 58.3 Å². The van der Waals surface area contributed by atoms with Gasteiger partial charge in [0.25, 0.3) is 0 Å². The first-order valence-electron chi connectivity index (χ1n) is 10.2. The predicted molar refractivity (Wildman–Crippen MR) is 103 cm³/mol. The summed E-state index contributed by atoms with van der Waals surface area (Å²) in [7, 11) is 0. The quantitative estimate of drug-likeness (QED) is 0.205. The second-order valence-electron chi connectivity index (χ2n) is 7.55. The van der Waals surface area contributed by atoms with Crippen LogP contribution in [-0.2, 0) is 38.2 Å². The molecule has 2 rings (SSSR count). The van der Waals surface area contributed by atoms with Gasteiger partial charge in [-0.2, -0.15) is 9.58 Å². The van der Waals surface area contributed by atoms with Gasteiger partial charge in [0.15, 0.2) is 0 Å². The molecule has 12 heteroatoms. The van der Waals surface area contributed by atoms with Gasteiger partial charge < -0.3 is 20.5 Å². The molecule has 170 valence electrons. The molecule has 0 heterocycles. The molecule has 2 aliphatic rings. The number of rotatable bonds is 9. The summed E-state index contributed by atoms with van der Waals surface area (Å²) in [5.41, 5.74) is 16.2. The first-order valence-corrected chi connectivity index (χ1v) is 10.2. The zero-order valence-electron chi connectivity index (χ0n) is 17.3. The maximum Gasteiger partial charge on any atom is 0.400 e. The van der Waals surface area contributed by atoms with Gasteiger partial charge in [-0.15, -0.1) is 0 Å². The van der Waals surface area contributed by atoms with Crippen LogP contribution in [0.25, 0.3) is 11.1 Å². The fourth-order valence-corrected chi connectivity index (χ4v) is 3.43. The number of hydrogen-bond donors (Lipinski definition) is 0. The molecule has 2 fully saturated rings. The van der Waals surface area contributed by atoms with Crippen LogP contribution < -0.4 is 0 Å². The Morgan fingerprint density at radius 1 is 0.656 bits per heavy atom. The summed E-state index contributed by atoms with van der Waals surface area (Å²) in [4.78, 5) is 75.8. The fraction of sp³-hybridized carbons (Fsp3) is 0.600. The average molecular weight is 446 g/mol. The molecule has 0 bridgehead atoms. The Balaban J connectivity index is 1.56. The van der Waals surface area contributed by atoms with Crippen molar-refractivity contribution in [3.8, 4) is 0 Å². The topological polar surface area (TPSA) is 194 Å². The van der Waals surface area contributed by atoms with E-state index in [1.807, 2.05) is 0 Å². The van der Waals surface area contributed by atoms with E-state index in [4.69, 9.17) is 20.5 Å². The minimum atomic E-state index is -0.877. The number of hydrogen-bond acceptors (Lipinski definition) is 8. The van der Waals surface area contributed by atoms with Crippen LogP contribution in [0.15, 0.2) is 0 Å². The molecule has 0 aromatic rings. The van der Waals surface area contributed by atoms with Crippen LogP contribution in [0.3, 0.4) is 0 Å². The molecule has 0 aromatic carbocycles. The lowest BCUT2D eigenvalue weighted by Crippen LogP contribution is -2.38. The summed E-state index contributed by atoms with van der Waals surface area (Å²) in [6.07, 6.45) is 1.47. The Morgan fingerprint density at radius 3 is 1.25 bits per heavy atom. The van der Waals surface area contributed by atoms with Gasteiger partial charge in [0, 0.05) is 25.7 Å². The highest BCUT2D eigenvalue weighted by atomic mass is 16.5. The molecule has 0 saturated heterocycles. The zero-order valence-corrected chi connectivity index (χ0v) is 17.3. The molecule has 2 saturated carbocycles. The summed E-state index contributed by atoms with van der Waals surface area (Å²) in [6, 6.07) is 0. The molecule has 2 aliphatic carbocycles. The van der Waals surface area contributed by atoms with Crippen molar-refractivity contribution in [2.75, 3.05) is 13.2 Å². The van der Waals surface area contributed by atoms with Crippen molar-refractivity contribution in [3.63, 3.8) is 0 Å². The van der Waals surface area contributed by atoms with Crippen LogP contribution >= 0.6 is 0 Å². The maximum atomic E-state index is 12.0. The summed E-state index contributed by atoms with van der Waals surface area (Å²) < 4.78 is 10.2. The first kappa shape index (κ1) is 24.6. The number of esters is 2. The molecule has 12 nitrogen and oxygen atoms in total. The van der Waals surface area contributed by atoms with Crippen molar-refractivity contribution >= 4 is 46.5 Å². The van der Waals surface area contributed by atoms with Crippen LogP contribution in [0.5, 0.6) is 0 Å². The number of ether oxygens (including phenoxy) is 2. The van der Waals surface area contributed by atoms with E-state index in [-0.39, 0.29) is 38.9 Å². The van der Waals surface area contributed by atoms with Gasteiger partial charge >= 0.3 is 23.4 Å². The van der Waals surface area contributed by atoms with E-state index in [1.54, 1.807) is 0 Å². The molecule has 0 radical (unpaired) electrons. The van der Waals surface area contributed by atoms with Crippen molar-refractivity contribution in [1.82, 2.24) is 0 Å². The highest BCUT2D eigenvalue weighted by Gasteiger charge is 2.42. The Labute approximate surface area is 182 Å². The van der Waals surface area contributed by atoms with Crippen LogP contribution in [0.1, 0.15) is 51.4 Å². The lowest BCUT2D eigenvalue weighted by atomic mass is 9.86. The molecule has 0 atom stereocenters. The summed E-state index contributed by atoms with van der Waals surface area (Å²) in [5, 5.41) is 0. The van der Waals surface area contributed by atoms with Gasteiger partial charge in [-0.25, -0.2) is 0 Å². The van der Waals surface area contributed by atoms with E-state index in [2.05, 4.69) is 9.58 Å². The van der Waals surface area contributed by atoms with Gasteiger partial charge in [0.05, 0.1) is 25.0 Å². The monoisotopic (exact) mass is 446 g/mol. The van der Waals surface area contributed by atoms with Crippen molar-refractivity contribution in [2.45, 2.75) is 51.4 Å². The Morgan fingerprint density at radius 2 is 0.969 bits per heavy atom. The van der Waals surface area contributed by atoms with Gasteiger partial charge in [-0.1, -0.05) is 0 Å². The summed E-state index contributed by atoms with van der Waals surface area (Å²) in [5.74, 6) is -5.81. The largest absolute Gasteiger partial charge is 0.465 e. The highest BCUT2D eigenvalue weighted by Crippen LogP contribution is 2.20. The Kier molecular flexibility index (Phi) is 9.00. The first-order chi connectivity index (χ1) is 15.3. The Bertz CT molecular complexity index is 827. The van der Waals surface area contributed by atoms with Crippen LogP contribution in [-0.4, -0.2) is 69.3 Å². The van der Waals surface area contributed by atoms with Gasteiger partial charge in [0.1, 0.15) is 0 Å². The number of carbonyl (C=O) groups is 6. The van der Waals surface area contributed by atoms with Crippen LogP contribution in [0.2, 0.25) is 0 Å². The summed E-state index contributed by atoms with van der Waals surface area (Å²) in [6.45, 7) is 0.221. The van der Waals surface area contributed by atoms with Crippen molar-refractivity contribution in [1.29, 1.82) is 0 Å². The van der Waals surface area contributed by atoms with E-state index in [1.165, 1.54) is 0 Å². The lowest BCUT2D eigenvalue weighted by molar-refractivity contribution is -0.153. The summed E-state index contributed by atoms with van der Waals surface area (Å²) >= 11 is 0. The molecule has 0 unspecified atom stereocenters. The lowest BCUT2D eigenvalue weighted by Gasteiger charge is -2.16. The molecule has 0 spiro atoms. The second-order valence-corrected chi connectivity index (χ2v) is 7.55. The number of ketones is 4. The average Bonchev–Trinajstić information content (AvgIpc) is 2.74. The van der Waals surface area contributed by atoms with Gasteiger partial charge in [0.2, 0.25) is 23.1 Å².